The number of rotatable bonds is 6. The highest BCUT2D eigenvalue weighted by Gasteiger charge is 2.33. The summed E-state index contributed by atoms with van der Waals surface area (Å²) < 4.78 is 0. The molecule has 0 radical (unpaired) electrons. The fourth-order valence-corrected chi connectivity index (χ4v) is 1.99. The summed E-state index contributed by atoms with van der Waals surface area (Å²) in [6.45, 7) is 7.40. The van der Waals surface area contributed by atoms with Gasteiger partial charge in [-0.2, -0.15) is 0 Å². The van der Waals surface area contributed by atoms with Gasteiger partial charge in [-0.3, -0.25) is 4.79 Å². The third kappa shape index (κ3) is 3.33. The van der Waals surface area contributed by atoms with E-state index < -0.39 is 5.54 Å². The van der Waals surface area contributed by atoms with Crippen LogP contribution in [0.15, 0.2) is 30.3 Å². The minimum absolute atomic E-state index is 0.00431. The van der Waals surface area contributed by atoms with Crippen LogP contribution in [0.3, 0.4) is 0 Å². The Morgan fingerprint density at radius 2 is 1.89 bits per heavy atom. The summed E-state index contributed by atoms with van der Waals surface area (Å²) in [7, 11) is 0. The van der Waals surface area contributed by atoms with Crippen LogP contribution < -0.4 is 5.73 Å². The van der Waals surface area contributed by atoms with Gasteiger partial charge in [-0.05, 0) is 25.8 Å². The van der Waals surface area contributed by atoms with Crippen molar-refractivity contribution in [3.05, 3.63) is 35.9 Å². The van der Waals surface area contributed by atoms with Gasteiger partial charge in [0.05, 0.1) is 0 Å². The van der Waals surface area contributed by atoms with E-state index >= 15 is 0 Å². The third-order valence-corrected chi connectivity index (χ3v) is 3.27. The van der Waals surface area contributed by atoms with Crippen molar-refractivity contribution < 1.29 is 4.79 Å². The Kier molecular flexibility index (Phi) is 5.35. The highest BCUT2D eigenvalue weighted by molar-refractivity contribution is 5.87. The molecule has 1 unspecified atom stereocenters. The van der Waals surface area contributed by atoms with E-state index in [1.807, 2.05) is 42.2 Å². The number of carbonyl (C=O) groups excluding carboxylic acids is 1. The lowest BCUT2D eigenvalue weighted by molar-refractivity contribution is -0.136. The first-order valence-corrected chi connectivity index (χ1v) is 6.67. The van der Waals surface area contributed by atoms with Gasteiger partial charge in [-0.15, -0.1) is 0 Å². The number of carbonyl (C=O) groups is 1. The maximum atomic E-state index is 12.5. The number of amides is 1. The zero-order chi connectivity index (χ0) is 13.6. The van der Waals surface area contributed by atoms with Crippen LogP contribution in [0.25, 0.3) is 0 Å². The van der Waals surface area contributed by atoms with Gasteiger partial charge < -0.3 is 10.6 Å². The van der Waals surface area contributed by atoms with Crippen molar-refractivity contribution >= 4 is 5.91 Å². The second-order valence-corrected chi connectivity index (χ2v) is 4.81. The molecule has 0 aromatic heterocycles. The van der Waals surface area contributed by atoms with Gasteiger partial charge in [0.25, 0.3) is 0 Å². The summed E-state index contributed by atoms with van der Waals surface area (Å²) in [5.74, 6) is 0.00431. The van der Waals surface area contributed by atoms with Gasteiger partial charge in [0, 0.05) is 13.1 Å². The number of hydrogen-bond acceptors (Lipinski definition) is 2. The molecule has 0 bridgehead atoms. The Balaban J connectivity index is 2.86. The smallest absolute Gasteiger partial charge is 0.246 e. The van der Waals surface area contributed by atoms with Crippen molar-refractivity contribution in [2.24, 2.45) is 5.73 Å². The van der Waals surface area contributed by atoms with E-state index in [4.69, 9.17) is 5.73 Å². The van der Waals surface area contributed by atoms with Crippen LogP contribution in [0, 0.1) is 0 Å². The van der Waals surface area contributed by atoms with Crippen LogP contribution in [-0.4, -0.2) is 23.9 Å². The Hall–Kier alpha value is -1.35. The van der Waals surface area contributed by atoms with E-state index in [-0.39, 0.29) is 5.91 Å². The Morgan fingerprint density at radius 3 is 2.39 bits per heavy atom. The largest absolute Gasteiger partial charge is 0.341 e. The van der Waals surface area contributed by atoms with Crippen molar-refractivity contribution in [2.45, 2.75) is 39.2 Å². The highest BCUT2D eigenvalue weighted by Crippen LogP contribution is 2.20. The molecule has 1 aromatic rings. The lowest BCUT2D eigenvalue weighted by atomic mass is 9.91. The lowest BCUT2D eigenvalue weighted by Crippen LogP contribution is -2.51. The molecule has 0 spiro atoms. The maximum absolute atomic E-state index is 12.5. The molecule has 1 atom stereocenters. The summed E-state index contributed by atoms with van der Waals surface area (Å²) >= 11 is 0. The SMILES string of the molecule is CCCCN(CC)C(=O)C(C)(N)c1ccccc1. The van der Waals surface area contributed by atoms with Gasteiger partial charge in [-0.1, -0.05) is 43.7 Å². The second kappa shape index (κ2) is 6.55. The molecule has 1 rings (SSSR count). The molecular formula is C15H24N2O. The molecule has 2 N–H and O–H groups in total. The minimum atomic E-state index is -0.939. The van der Waals surface area contributed by atoms with Crippen LogP contribution in [0.1, 0.15) is 39.2 Å². The molecule has 0 heterocycles. The quantitative estimate of drug-likeness (QED) is 0.840. The van der Waals surface area contributed by atoms with Gasteiger partial charge >= 0.3 is 0 Å². The Bertz CT molecular complexity index is 373. The fraction of sp³-hybridized carbons (Fsp3) is 0.533. The molecule has 18 heavy (non-hydrogen) atoms. The Labute approximate surface area is 110 Å². The second-order valence-electron chi connectivity index (χ2n) is 4.81. The molecule has 1 aromatic carbocycles. The molecule has 100 valence electrons. The van der Waals surface area contributed by atoms with Crippen LogP contribution in [0.2, 0.25) is 0 Å². The first-order valence-electron chi connectivity index (χ1n) is 6.67. The molecular weight excluding hydrogens is 224 g/mol. The van der Waals surface area contributed by atoms with Crippen LogP contribution in [0.5, 0.6) is 0 Å². The van der Waals surface area contributed by atoms with E-state index in [0.29, 0.717) is 6.54 Å². The minimum Gasteiger partial charge on any atom is -0.341 e. The number of likely N-dealkylation sites (N-methyl/N-ethyl adjacent to an activating group) is 1. The van der Waals surface area contributed by atoms with E-state index in [1.165, 1.54) is 0 Å². The van der Waals surface area contributed by atoms with Gasteiger partial charge in [0.1, 0.15) is 5.54 Å². The molecule has 3 nitrogen and oxygen atoms in total. The number of hydrogen-bond donors (Lipinski definition) is 1. The summed E-state index contributed by atoms with van der Waals surface area (Å²) in [5.41, 5.74) is 6.16. The van der Waals surface area contributed by atoms with E-state index in [2.05, 4.69) is 6.92 Å². The third-order valence-electron chi connectivity index (χ3n) is 3.27. The molecule has 3 heteroatoms. The number of nitrogens with zero attached hydrogens (tertiary/aromatic N) is 1. The topological polar surface area (TPSA) is 46.3 Å². The highest BCUT2D eigenvalue weighted by atomic mass is 16.2. The number of unbranched alkanes of at least 4 members (excludes halogenated alkanes) is 1. The monoisotopic (exact) mass is 248 g/mol. The summed E-state index contributed by atoms with van der Waals surface area (Å²) in [6, 6.07) is 9.57. The number of benzene rings is 1. The van der Waals surface area contributed by atoms with E-state index in [1.54, 1.807) is 6.92 Å². The molecule has 0 aliphatic carbocycles. The van der Waals surface area contributed by atoms with Crippen molar-refractivity contribution in [1.82, 2.24) is 4.90 Å². The number of nitrogens with two attached hydrogens (primary N) is 1. The summed E-state index contributed by atoms with van der Waals surface area (Å²) in [5, 5.41) is 0. The van der Waals surface area contributed by atoms with Crippen molar-refractivity contribution in [2.75, 3.05) is 13.1 Å². The normalized spacial score (nSPS) is 14.0. The van der Waals surface area contributed by atoms with Gasteiger partial charge in [-0.25, -0.2) is 0 Å². The van der Waals surface area contributed by atoms with Crippen LogP contribution >= 0.6 is 0 Å². The Morgan fingerprint density at radius 1 is 1.28 bits per heavy atom. The summed E-state index contributed by atoms with van der Waals surface area (Å²) in [6.07, 6.45) is 2.10. The average Bonchev–Trinajstić information content (AvgIpc) is 2.40. The standard InChI is InChI=1S/C15H24N2O/c1-4-6-12-17(5-2)14(18)15(3,16)13-10-8-7-9-11-13/h7-11H,4-6,12,16H2,1-3H3. The fourth-order valence-electron chi connectivity index (χ4n) is 1.99. The van der Waals surface area contributed by atoms with Gasteiger partial charge in [0.15, 0.2) is 0 Å². The average molecular weight is 248 g/mol. The zero-order valence-electron chi connectivity index (χ0n) is 11.6. The van der Waals surface area contributed by atoms with Crippen molar-refractivity contribution in [3.63, 3.8) is 0 Å². The first-order chi connectivity index (χ1) is 8.54. The van der Waals surface area contributed by atoms with Gasteiger partial charge in [0.2, 0.25) is 5.91 Å². The van der Waals surface area contributed by atoms with E-state index in [9.17, 15) is 4.79 Å². The predicted molar refractivity (Wildman–Crippen MR) is 75.1 cm³/mol. The molecule has 0 saturated heterocycles. The lowest BCUT2D eigenvalue weighted by Gasteiger charge is -2.31. The molecule has 0 aliphatic heterocycles. The van der Waals surface area contributed by atoms with Crippen molar-refractivity contribution in [3.8, 4) is 0 Å². The molecule has 1 amide bonds. The van der Waals surface area contributed by atoms with E-state index in [0.717, 1.165) is 24.9 Å². The first kappa shape index (κ1) is 14.7. The van der Waals surface area contributed by atoms with Crippen LogP contribution in [-0.2, 0) is 10.3 Å². The van der Waals surface area contributed by atoms with Crippen molar-refractivity contribution in [1.29, 1.82) is 0 Å². The molecule has 0 aliphatic rings. The van der Waals surface area contributed by atoms with Crippen LogP contribution in [0.4, 0.5) is 0 Å². The maximum Gasteiger partial charge on any atom is 0.246 e. The zero-order valence-corrected chi connectivity index (χ0v) is 11.6. The molecule has 0 fully saturated rings. The molecule has 0 saturated carbocycles. The predicted octanol–water partition coefficient (Wildman–Crippen LogP) is 2.51. The summed E-state index contributed by atoms with van der Waals surface area (Å²) in [4.78, 5) is 14.3.